The van der Waals surface area contributed by atoms with E-state index in [1.54, 1.807) is 25.6 Å². The summed E-state index contributed by atoms with van der Waals surface area (Å²) in [4.78, 5) is 11.4. The Balaban J connectivity index is 1.95. The minimum atomic E-state index is -1.13. The summed E-state index contributed by atoms with van der Waals surface area (Å²) in [5.74, 6) is 0.554. The number of hydrogen-bond acceptors (Lipinski definition) is 3. The molecule has 1 aromatic carbocycles. The summed E-state index contributed by atoms with van der Waals surface area (Å²) < 4.78 is 2.01. The second-order valence-corrected chi connectivity index (χ2v) is 5.26. The van der Waals surface area contributed by atoms with Gasteiger partial charge in [-0.05, 0) is 12.5 Å². The second kappa shape index (κ2) is 3.80. The SMILES string of the molecule is C[C@](O)(c1ncc[nH]1)[C@@H]1c2ccccc2-c2cncn21. The van der Waals surface area contributed by atoms with Gasteiger partial charge in [0, 0.05) is 18.0 Å². The first kappa shape index (κ1) is 11.4. The van der Waals surface area contributed by atoms with E-state index < -0.39 is 5.60 Å². The molecule has 0 saturated heterocycles. The van der Waals surface area contributed by atoms with E-state index in [9.17, 15) is 5.11 Å². The fourth-order valence-corrected chi connectivity index (χ4v) is 3.08. The molecule has 0 bridgehead atoms. The number of nitrogens with zero attached hydrogens (tertiary/aromatic N) is 3. The number of rotatable bonds is 2. The van der Waals surface area contributed by atoms with Crippen molar-refractivity contribution in [1.82, 2.24) is 19.5 Å². The zero-order valence-electron chi connectivity index (χ0n) is 11.0. The largest absolute Gasteiger partial charge is 0.380 e. The Hall–Kier alpha value is -2.40. The van der Waals surface area contributed by atoms with Crippen LogP contribution in [0.1, 0.15) is 24.4 Å². The first-order valence-corrected chi connectivity index (χ1v) is 6.53. The van der Waals surface area contributed by atoms with Crippen LogP contribution in [0.2, 0.25) is 0 Å². The molecule has 5 heteroatoms. The minimum Gasteiger partial charge on any atom is -0.380 e. The number of aromatic nitrogens is 4. The first-order chi connectivity index (χ1) is 9.69. The van der Waals surface area contributed by atoms with Gasteiger partial charge in [0.05, 0.1) is 24.3 Å². The molecule has 2 atom stereocenters. The monoisotopic (exact) mass is 266 g/mol. The number of aromatic amines is 1. The predicted molar refractivity (Wildman–Crippen MR) is 74.0 cm³/mol. The summed E-state index contributed by atoms with van der Waals surface area (Å²) in [7, 11) is 0. The van der Waals surface area contributed by atoms with Crippen molar-refractivity contribution in [3.63, 3.8) is 0 Å². The molecule has 0 amide bonds. The van der Waals surface area contributed by atoms with E-state index in [4.69, 9.17) is 0 Å². The fourth-order valence-electron chi connectivity index (χ4n) is 3.08. The van der Waals surface area contributed by atoms with Crippen molar-refractivity contribution in [2.75, 3.05) is 0 Å². The van der Waals surface area contributed by atoms with Gasteiger partial charge < -0.3 is 14.7 Å². The van der Waals surface area contributed by atoms with Crippen molar-refractivity contribution in [3.05, 3.63) is 60.6 Å². The normalized spacial score (nSPS) is 19.4. The van der Waals surface area contributed by atoms with Crippen molar-refractivity contribution in [2.24, 2.45) is 0 Å². The molecule has 20 heavy (non-hydrogen) atoms. The Kier molecular flexibility index (Phi) is 2.17. The van der Waals surface area contributed by atoms with Gasteiger partial charge in [0.25, 0.3) is 0 Å². The van der Waals surface area contributed by atoms with E-state index in [1.165, 1.54) is 0 Å². The van der Waals surface area contributed by atoms with Crippen molar-refractivity contribution in [1.29, 1.82) is 0 Å². The number of H-pyrrole nitrogens is 1. The van der Waals surface area contributed by atoms with Crippen LogP contribution in [0, 0.1) is 0 Å². The summed E-state index contributed by atoms with van der Waals surface area (Å²) in [6.45, 7) is 1.78. The fraction of sp³-hybridized carbons (Fsp3) is 0.200. The molecule has 2 N–H and O–H groups in total. The topological polar surface area (TPSA) is 66.7 Å². The molecule has 1 aliphatic rings. The lowest BCUT2D eigenvalue weighted by molar-refractivity contribution is 0.0106. The molecule has 3 aromatic rings. The van der Waals surface area contributed by atoms with Crippen molar-refractivity contribution >= 4 is 0 Å². The number of aliphatic hydroxyl groups is 1. The van der Waals surface area contributed by atoms with E-state index in [2.05, 4.69) is 21.0 Å². The lowest BCUT2D eigenvalue weighted by Gasteiger charge is -2.30. The Morgan fingerprint density at radius 1 is 1.35 bits per heavy atom. The third kappa shape index (κ3) is 1.35. The molecule has 100 valence electrons. The maximum absolute atomic E-state index is 11.0. The van der Waals surface area contributed by atoms with Crippen LogP contribution in [-0.4, -0.2) is 24.6 Å². The standard InChI is InChI=1S/C15H14N4O/c1-15(20,14-17-6-7-18-14)13-11-5-3-2-4-10(11)12-8-16-9-19(12)13/h2-9,13,20H,1H3,(H,17,18)/t13-,15+/m0/s1. The lowest BCUT2D eigenvalue weighted by atomic mass is 9.89. The Morgan fingerprint density at radius 2 is 2.20 bits per heavy atom. The highest BCUT2D eigenvalue weighted by molar-refractivity contribution is 5.69. The van der Waals surface area contributed by atoms with Gasteiger partial charge in [0.2, 0.25) is 0 Å². The minimum absolute atomic E-state index is 0.234. The van der Waals surface area contributed by atoms with E-state index in [0.717, 1.165) is 16.8 Å². The summed E-state index contributed by atoms with van der Waals surface area (Å²) in [5.41, 5.74) is 2.09. The maximum atomic E-state index is 11.0. The highest BCUT2D eigenvalue weighted by Gasteiger charge is 2.43. The van der Waals surface area contributed by atoms with E-state index in [0.29, 0.717) is 5.82 Å². The molecule has 4 rings (SSSR count). The van der Waals surface area contributed by atoms with Gasteiger partial charge in [-0.25, -0.2) is 9.97 Å². The van der Waals surface area contributed by atoms with Crippen LogP contribution in [0.5, 0.6) is 0 Å². The Labute approximate surface area is 115 Å². The number of fused-ring (bicyclic) bond motifs is 3. The molecule has 1 aliphatic heterocycles. The van der Waals surface area contributed by atoms with Crippen molar-refractivity contribution in [3.8, 4) is 11.3 Å². The highest BCUT2D eigenvalue weighted by atomic mass is 16.3. The van der Waals surface area contributed by atoms with Gasteiger partial charge in [-0.2, -0.15) is 0 Å². The molecule has 2 aromatic heterocycles. The smallest absolute Gasteiger partial charge is 0.144 e. The Morgan fingerprint density at radius 3 is 3.00 bits per heavy atom. The predicted octanol–water partition coefficient (Wildman–Crippen LogP) is 2.08. The molecule has 0 aliphatic carbocycles. The van der Waals surface area contributed by atoms with Crippen LogP contribution < -0.4 is 0 Å². The molecule has 0 fully saturated rings. The molecule has 3 heterocycles. The van der Waals surface area contributed by atoms with Crippen LogP contribution in [-0.2, 0) is 5.60 Å². The van der Waals surface area contributed by atoms with Crippen molar-refractivity contribution in [2.45, 2.75) is 18.6 Å². The number of benzene rings is 1. The van der Waals surface area contributed by atoms with Crippen molar-refractivity contribution < 1.29 is 5.11 Å². The van der Waals surface area contributed by atoms with Gasteiger partial charge in [-0.3, -0.25) is 0 Å². The molecular weight excluding hydrogens is 252 g/mol. The number of nitrogens with one attached hydrogen (secondary N) is 1. The van der Waals surface area contributed by atoms with E-state index in [1.807, 2.05) is 29.0 Å². The lowest BCUT2D eigenvalue weighted by Crippen LogP contribution is -2.34. The van der Waals surface area contributed by atoms with E-state index in [-0.39, 0.29) is 6.04 Å². The summed E-state index contributed by atoms with van der Waals surface area (Å²) in [6, 6.07) is 7.86. The third-order valence-electron chi connectivity index (χ3n) is 3.99. The van der Waals surface area contributed by atoms with Gasteiger partial charge in [-0.1, -0.05) is 24.3 Å². The van der Waals surface area contributed by atoms with Gasteiger partial charge in [-0.15, -0.1) is 0 Å². The molecular formula is C15H14N4O. The van der Waals surface area contributed by atoms with Crippen LogP contribution in [0.3, 0.4) is 0 Å². The molecule has 5 nitrogen and oxygen atoms in total. The number of hydrogen-bond donors (Lipinski definition) is 2. The highest BCUT2D eigenvalue weighted by Crippen LogP contribution is 2.46. The molecule has 0 unspecified atom stereocenters. The van der Waals surface area contributed by atoms with E-state index >= 15 is 0 Å². The van der Waals surface area contributed by atoms with Crippen LogP contribution in [0.25, 0.3) is 11.3 Å². The zero-order valence-corrected chi connectivity index (χ0v) is 11.0. The van der Waals surface area contributed by atoms with Crippen LogP contribution in [0.15, 0.2) is 49.2 Å². The van der Waals surface area contributed by atoms with Gasteiger partial charge in [0.15, 0.2) is 0 Å². The summed E-state index contributed by atoms with van der Waals surface area (Å²) in [6.07, 6.45) is 6.97. The van der Waals surface area contributed by atoms with Crippen LogP contribution >= 0.6 is 0 Å². The maximum Gasteiger partial charge on any atom is 0.144 e. The quantitative estimate of drug-likeness (QED) is 0.746. The Bertz CT molecular complexity index is 758. The average Bonchev–Trinajstić information content (AvgIpc) is 3.15. The summed E-state index contributed by atoms with van der Waals surface area (Å²) >= 11 is 0. The van der Waals surface area contributed by atoms with Gasteiger partial charge in [0.1, 0.15) is 11.4 Å². The average molecular weight is 266 g/mol. The summed E-state index contributed by atoms with van der Waals surface area (Å²) in [5, 5.41) is 11.0. The third-order valence-corrected chi connectivity index (χ3v) is 3.99. The molecule has 0 spiro atoms. The second-order valence-electron chi connectivity index (χ2n) is 5.26. The molecule has 0 radical (unpaired) electrons. The first-order valence-electron chi connectivity index (χ1n) is 6.53. The van der Waals surface area contributed by atoms with Crippen LogP contribution in [0.4, 0.5) is 0 Å². The molecule has 0 saturated carbocycles. The van der Waals surface area contributed by atoms with Gasteiger partial charge >= 0.3 is 0 Å². The zero-order chi connectivity index (χ0) is 13.7. The number of imidazole rings is 2.